The van der Waals surface area contributed by atoms with Gasteiger partial charge < -0.3 is 9.52 Å². The number of rotatable bonds is 2. The lowest BCUT2D eigenvalue weighted by molar-refractivity contribution is -0.155. The number of benzene rings is 1. The number of alkyl halides is 3. The molecule has 6 nitrogen and oxygen atoms in total. The molecule has 1 aromatic carbocycles. The van der Waals surface area contributed by atoms with Gasteiger partial charge in [-0.25, -0.2) is 4.79 Å². The molecule has 3 aromatic rings. The molecule has 1 aliphatic rings. The molecule has 0 aliphatic carbocycles. The number of hydrogen-bond donors (Lipinski definition) is 2. The van der Waals surface area contributed by atoms with Gasteiger partial charge in [0.15, 0.2) is 5.58 Å². The Bertz CT molecular complexity index is 1040. The number of nitrogens with zero attached hydrogens (tertiary/aromatic N) is 2. The number of aromatic nitrogens is 2. The summed E-state index contributed by atoms with van der Waals surface area (Å²) in [7, 11) is 0. The highest BCUT2D eigenvalue weighted by molar-refractivity contribution is 5.78. The third-order valence-corrected chi connectivity index (χ3v) is 4.83. The van der Waals surface area contributed by atoms with Crippen LogP contribution in [0.3, 0.4) is 0 Å². The third-order valence-electron chi connectivity index (χ3n) is 4.83. The van der Waals surface area contributed by atoms with E-state index in [0.717, 1.165) is 0 Å². The summed E-state index contributed by atoms with van der Waals surface area (Å²) in [6.45, 7) is 0.599. The van der Waals surface area contributed by atoms with Gasteiger partial charge in [-0.3, -0.25) is 14.9 Å². The van der Waals surface area contributed by atoms with Gasteiger partial charge in [-0.05, 0) is 37.1 Å². The number of nitrogens with one attached hydrogen (secondary N) is 1. The Morgan fingerprint density at radius 1 is 1.33 bits per heavy atom. The number of aromatic hydroxyl groups is 1. The van der Waals surface area contributed by atoms with E-state index in [0.29, 0.717) is 34.3 Å². The second-order valence-electron chi connectivity index (χ2n) is 6.71. The molecule has 0 saturated carbocycles. The zero-order valence-electron chi connectivity index (χ0n) is 14.2. The van der Waals surface area contributed by atoms with E-state index < -0.39 is 30.6 Å². The van der Waals surface area contributed by atoms with Crippen LogP contribution in [0.4, 0.5) is 13.2 Å². The van der Waals surface area contributed by atoms with Gasteiger partial charge in [0.2, 0.25) is 0 Å². The van der Waals surface area contributed by atoms with Crippen molar-refractivity contribution in [2.24, 2.45) is 0 Å². The fourth-order valence-electron chi connectivity index (χ4n) is 3.74. The average molecular weight is 379 g/mol. The zero-order valence-corrected chi connectivity index (χ0v) is 14.2. The minimum Gasteiger partial charge on any atom is -0.506 e. The van der Waals surface area contributed by atoms with Crippen LogP contribution in [0, 0.1) is 0 Å². The number of oxazole rings is 1. The molecule has 0 saturated heterocycles. The van der Waals surface area contributed by atoms with E-state index >= 15 is 0 Å². The van der Waals surface area contributed by atoms with Crippen LogP contribution in [-0.2, 0) is 6.42 Å². The molecule has 0 amide bonds. The third kappa shape index (κ3) is 3.18. The smallest absolute Gasteiger partial charge is 0.417 e. The number of fused-ring (bicyclic) bond motifs is 3. The Morgan fingerprint density at radius 2 is 2.11 bits per heavy atom. The van der Waals surface area contributed by atoms with Gasteiger partial charge in [0.1, 0.15) is 5.75 Å². The summed E-state index contributed by atoms with van der Waals surface area (Å²) in [5.41, 5.74) is 2.54. The summed E-state index contributed by atoms with van der Waals surface area (Å²) in [5, 5.41) is 9.49. The first-order valence-corrected chi connectivity index (χ1v) is 8.35. The first-order chi connectivity index (χ1) is 12.7. The lowest BCUT2D eigenvalue weighted by atomic mass is 9.86. The standard InChI is InChI=1S/C18H16F3N3O3/c1-9-6-12-11(3-5-14-16(12)27-17(26)23-14)15(24(9)8-18(19,20)21)13-4-2-10(25)7-22-13/h2-5,7,9,15,25H,6,8H2,1H3,(H,23,26)/t9-,15?/m1/s1. The van der Waals surface area contributed by atoms with Crippen molar-refractivity contribution in [3.05, 3.63) is 57.8 Å². The molecule has 1 unspecified atom stereocenters. The molecule has 2 atom stereocenters. The second kappa shape index (κ2) is 6.12. The molecule has 0 fully saturated rings. The molecular weight excluding hydrogens is 363 g/mol. The van der Waals surface area contributed by atoms with E-state index in [1.807, 2.05) is 0 Å². The van der Waals surface area contributed by atoms with Crippen LogP contribution in [-0.4, -0.2) is 38.7 Å². The molecule has 2 aromatic heterocycles. The lowest BCUT2D eigenvalue weighted by Gasteiger charge is -2.41. The largest absolute Gasteiger partial charge is 0.506 e. The molecule has 0 bridgehead atoms. The van der Waals surface area contributed by atoms with Crippen molar-refractivity contribution in [3.8, 4) is 5.75 Å². The van der Waals surface area contributed by atoms with E-state index in [-0.39, 0.29) is 5.75 Å². The predicted molar refractivity (Wildman–Crippen MR) is 90.5 cm³/mol. The average Bonchev–Trinajstić information content (AvgIpc) is 2.96. The van der Waals surface area contributed by atoms with Crippen LogP contribution < -0.4 is 5.76 Å². The summed E-state index contributed by atoms with van der Waals surface area (Å²) in [4.78, 5) is 19.6. The van der Waals surface area contributed by atoms with Crippen molar-refractivity contribution in [1.29, 1.82) is 0 Å². The van der Waals surface area contributed by atoms with Gasteiger partial charge in [-0.1, -0.05) is 6.07 Å². The Balaban J connectivity index is 1.92. The molecule has 3 heterocycles. The fraction of sp³-hybridized carbons (Fsp3) is 0.333. The van der Waals surface area contributed by atoms with Gasteiger partial charge in [0.25, 0.3) is 0 Å². The normalized spacial score (nSPS) is 20.7. The molecule has 2 N–H and O–H groups in total. The van der Waals surface area contributed by atoms with Crippen LogP contribution >= 0.6 is 0 Å². The molecule has 1 aliphatic heterocycles. The monoisotopic (exact) mass is 379 g/mol. The summed E-state index contributed by atoms with van der Waals surface area (Å²) in [5.74, 6) is -0.680. The Kier molecular flexibility index (Phi) is 3.99. The summed E-state index contributed by atoms with van der Waals surface area (Å²) >= 11 is 0. The number of H-pyrrole nitrogens is 1. The quantitative estimate of drug-likeness (QED) is 0.715. The minimum atomic E-state index is -4.38. The Hall–Kier alpha value is -2.81. The van der Waals surface area contributed by atoms with Crippen molar-refractivity contribution < 1.29 is 22.7 Å². The molecule has 9 heteroatoms. The van der Waals surface area contributed by atoms with Crippen molar-refractivity contribution in [3.63, 3.8) is 0 Å². The highest BCUT2D eigenvalue weighted by Crippen LogP contribution is 2.41. The van der Waals surface area contributed by atoms with E-state index in [2.05, 4.69) is 9.97 Å². The van der Waals surface area contributed by atoms with E-state index in [1.165, 1.54) is 23.2 Å². The first-order valence-electron chi connectivity index (χ1n) is 8.35. The van der Waals surface area contributed by atoms with Gasteiger partial charge in [-0.2, -0.15) is 13.2 Å². The fourth-order valence-corrected chi connectivity index (χ4v) is 3.74. The second-order valence-corrected chi connectivity index (χ2v) is 6.71. The molecule has 142 valence electrons. The summed E-state index contributed by atoms with van der Waals surface area (Å²) in [6, 6.07) is 4.96. The topological polar surface area (TPSA) is 82.4 Å². The molecule has 0 radical (unpaired) electrons. The van der Waals surface area contributed by atoms with Crippen molar-refractivity contribution >= 4 is 11.1 Å². The van der Waals surface area contributed by atoms with Gasteiger partial charge in [0, 0.05) is 11.6 Å². The van der Waals surface area contributed by atoms with Crippen LogP contribution in [0.1, 0.15) is 29.8 Å². The Labute approximate surface area is 151 Å². The molecule has 4 rings (SSSR count). The maximum Gasteiger partial charge on any atom is 0.417 e. The van der Waals surface area contributed by atoms with Gasteiger partial charge in [0.05, 0.1) is 30.0 Å². The number of pyridine rings is 1. The van der Waals surface area contributed by atoms with Crippen molar-refractivity contribution in [2.45, 2.75) is 31.6 Å². The SMILES string of the molecule is C[C@@H]1Cc2c(ccc3[nH]c(=O)oc23)C(c2ccc(O)cn2)N1CC(F)(F)F. The number of aromatic amines is 1. The van der Waals surface area contributed by atoms with Gasteiger partial charge >= 0.3 is 11.9 Å². The molecular formula is C18H16F3N3O3. The van der Waals surface area contributed by atoms with Crippen molar-refractivity contribution in [2.75, 3.05) is 6.54 Å². The summed E-state index contributed by atoms with van der Waals surface area (Å²) in [6.07, 6.45) is -2.88. The highest BCUT2D eigenvalue weighted by atomic mass is 19.4. The Morgan fingerprint density at radius 3 is 2.78 bits per heavy atom. The highest BCUT2D eigenvalue weighted by Gasteiger charge is 2.41. The van der Waals surface area contributed by atoms with Crippen LogP contribution in [0.5, 0.6) is 5.75 Å². The van der Waals surface area contributed by atoms with Gasteiger partial charge in [-0.15, -0.1) is 0 Å². The lowest BCUT2D eigenvalue weighted by Crippen LogP contribution is -2.47. The van der Waals surface area contributed by atoms with Crippen molar-refractivity contribution in [1.82, 2.24) is 14.9 Å². The van der Waals surface area contributed by atoms with Crippen LogP contribution in [0.15, 0.2) is 39.7 Å². The number of hydrogen-bond acceptors (Lipinski definition) is 5. The summed E-state index contributed by atoms with van der Waals surface area (Å²) < 4.78 is 44.9. The van der Waals surface area contributed by atoms with Crippen LogP contribution in [0.25, 0.3) is 11.1 Å². The first kappa shape index (κ1) is 17.6. The number of halogens is 3. The molecule has 27 heavy (non-hydrogen) atoms. The van der Waals surface area contributed by atoms with Crippen LogP contribution in [0.2, 0.25) is 0 Å². The van der Waals surface area contributed by atoms with E-state index in [1.54, 1.807) is 19.1 Å². The maximum absolute atomic E-state index is 13.2. The van der Waals surface area contributed by atoms with E-state index in [4.69, 9.17) is 4.42 Å². The predicted octanol–water partition coefficient (Wildman–Crippen LogP) is 3.12. The zero-order chi connectivity index (χ0) is 19.3. The maximum atomic E-state index is 13.2. The minimum absolute atomic E-state index is 0.0720. The molecule has 0 spiro atoms. The van der Waals surface area contributed by atoms with E-state index in [9.17, 15) is 23.1 Å².